The second kappa shape index (κ2) is 10.2. The maximum absolute atomic E-state index is 13.1. The molecule has 0 saturated heterocycles. The highest BCUT2D eigenvalue weighted by Crippen LogP contribution is 2.36. The lowest BCUT2D eigenvalue weighted by Crippen LogP contribution is -2.19. The van der Waals surface area contributed by atoms with Crippen molar-refractivity contribution in [2.75, 3.05) is 33.8 Å². The van der Waals surface area contributed by atoms with E-state index in [9.17, 15) is 4.79 Å². The first kappa shape index (κ1) is 24.2. The maximum atomic E-state index is 13.1. The fraction of sp³-hybridized carbons (Fsp3) is 0.250. The smallest absolute Gasteiger partial charge is 0.278 e. The number of aromatic nitrogens is 4. The van der Waals surface area contributed by atoms with Crippen molar-refractivity contribution in [1.82, 2.24) is 19.8 Å². The number of ether oxygens (including phenoxy) is 4. The summed E-state index contributed by atoms with van der Waals surface area (Å²) in [5, 5.41) is 16.5. The minimum atomic E-state index is -0.478. The third-order valence-corrected chi connectivity index (χ3v) is 5.65. The first-order valence-electron chi connectivity index (χ1n) is 10.5. The molecular weight excluding hydrogens is 474 g/mol. The van der Waals surface area contributed by atoms with Crippen LogP contribution in [0.5, 0.6) is 17.2 Å². The molecule has 1 N–H and O–H groups in total. The van der Waals surface area contributed by atoms with Crippen LogP contribution in [0.3, 0.4) is 0 Å². The zero-order chi connectivity index (χ0) is 25.1. The number of halogens is 1. The molecule has 0 unspecified atom stereocenters. The Morgan fingerprint density at radius 3 is 2.37 bits per heavy atom. The van der Waals surface area contributed by atoms with Crippen LogP contribution in [0, 0.1) is 6.92 Å². The van der Waals surface area contributed by atoms with E-state index in [4.69, 9.17) is 30.5 Å². The minimum absolute atomic E-state index is 0.102. The van der Waals surface area contributed by atoms with Gasteiger partial charge in [0.25, 0.3) is 5.91 Å². The molecule has 2 aromatic carbocycles. The molecule has 0 radical (unpaired) electrons. The van der Waals surface area contributed by atoms with Gasteiger partial charge < -0.3 is 24.3 Å². The van der Waals surface area contributed by atoms with Crippen LogP contribution in [0.15, 0.2) is 36.4 Å². The lowest BCUT2D eigenvalue weighted by Gasteiger charge is -2.11. The van der Waals surface area contributed by atoms with Crippen molar-refractivity contribution in [3.05, 3.63) is 58.5 Å². The summed E-state index contributed by atoms with van der Waals surface area (Å²) in [4.78, 5) is 13.1. The van der Waals surface area contributed by atoms with E-state index in [1.54, 1.807) is 57.0 Å². The van der Waals surface area contributed by atoms with Gasteiger partial charge in [0, 0.05) is 12.1 Å². The van der Waals surface area contributed by atoms with Gasteiger partial charge >= 0.3 is 0 Å². The molecule has 11 heteroatoms. The van der Waals surface area contributed by atoms with Gasteiger partial charge in [-0.1, -0.05) is 17.7 Å². The van der Waals surface area contributed by atoms with Crippen LogP contribution in [-0.2, 0) is 11.3 Å². The summed E-state index contributed by atoms with van der Waals surface area (Å²) >= 11 is 6.08. The van der Waals surface area contributed by atoms with Gasteiger partial charge in [0.05, 0.1) is 50.6 Å². The first-order valence-corrected chi connectivity index (χ1v) is 10.9. The number of carbonyl (C=O) groups is 1. The highest BCUT2D eigenvalue weighted by molar-refractivity contribution is 6.31. The van der Waals surface area contributed by atoms with Crippen LogP contribution in [0.25, 0.3) is 16.8 Å². The number of amides is 1. The number of carbonyl (C=O) groups excluding carboxylic acids is 1. The second-order valence-corrected chi connectivity index (χ2v) is 7.93. The van der Waals surface area contributed by atoms with E-state index < -0.39 is 5.91 Å². The number of hydrogen-bond acceptors (Lipinski definition) is 8. The monoisotopic (exact) mass is 497 g/mol. The number of nitrogens with one attached hydrogen (secondary N) is 1. The third-order valence-electron chi connectivity index (χ3n) is 5.42. The summed E-state index contributed by atoms with van der Waals surface area (Å²) in [6, 6.07) is 10.4. The van der Waals surface area contributed by atoms with Crippen molar-refractivity contribution in [1.29, 1.82) is 0 Å². The number of benzene rings is 2. The Morgan fingerprint density at radius 1 is 0.971 bits per heavy atom. The lowest BCUT2D eigenvalue weighted by molar-refractivity contribution is 0.101. The Hall–Kier alpha value is -3.89. The Bertz CT molecular complexity index is 1410. The largest absolute Gasteiger partial charge is 0.495 e. The molecular formula is C24H24ClN5O5. The van der Waals surface area contributed by atoms with Crippen molar-refractivity contribution < 1.29 is 23.7 Å². The van der Waals surface area contributed by atoms with E-state index in [1.807, 2.05) is 12.1 Å². The second-order valence-electron chi connectivity index (χ2n) is 7.49. The molecule has 0 fully saturated rings. The quantitative estimate of drug-likeness (QED) is 0.386. The van der Waals surface area contributed by atoms with E-state index in [1.165, 1.54) is 7.11 Å². The lowest BCUT2D eigenvalue weighted by atomic mass is 10.1. The summed E-state index contributed by atoms with van der Waals surface area (Å²) in [6.07, 6.45) is 0. The van der Waals surface area contributed by atoms with E-state index >= 15 is 0 Å². The molecule has 10 nitrogen and oxygen atoms in total. The van der Waals surface area contributed by atoms with Gasteiger partial charge in [-0.3, -0.25) is 4.79 Å². The number of anilines is 1. The molecule has 0 bridgehead atoms. The van der Waals surface area contributed by atoms with Gasteiger partial charge in [-0.25, -0.2) is 4.52 Å². The highest BCUT2D eigenvalue weighted by atomic mass is 35.5. The van der Waals surface area contributed by atoms with E-state index in [-0.39, 0.29) is 12.3 Å². The predicted octanol–water partition coefficient (Wildman–Crippen LogP) is 4.18. The fourth-order valence-electron chi connectivity index (χ4n) is 3.74. The van der Waals surface area contributed by atoms with Gasteiger partial charge in [0.2, 0.25) is 0 Å². The average molecular weight is 498 g/mol. The Balaban J connectivity index is 1.80. The maximum Gasteiger partial charge on any atom is 0.278 e. The van der Waals surface area contributed by atoms with Crippen molar-refractivity contribution >= 4 is 28.8 Å². The molecule has 4 rings (SSSR count). The fourth-order valence-corrected chi connectivity index (χ4v) is 3.92. The number of methoxy groups -OCH3 is 4. The average Bonchev–Trinajstić information content (AvgIpc) is 3.23. The Morgan fingerprint density at radius 2 is 1.69 bits per heavy atom. The minimum Gasteiger partial charge on any atom is -0.495 e. The molecule has 0 aliphatic heterocycles. The topological polar surface area (TPSA) is 109 Å². The van der Waals surface area contributed by atoms with Crippen LogP contribution in [0.4, 0.5) is 5.69 Å². The normalized spacial score (nSPS) is 10.9. The van der Waals surface area contributed by atoms with Gasteiger partial charge in [-0.15, -0.1) is 10.2 Å². The van der Waals surface area contributed by atoms with Gasteiger partial charge in [-0.05, 0) is 42.8 Å². The molecule has 4 aromatic rings. The summed E-state index contributed by atoms with van der Waals surface area (Å²) < 4.78 is 23.1. The van der Waals surface area contributed by atoms with Crippen LogP contribution in [-0.4, -0.2) is 54.2 Å². The summed E-state index contributed by atoms with van der Waals surface area (Å²) in [5.74, 6) is 1.14. The number of aryl methyl sites for hydroxylation is 1. The number of hydrogen-bond donors (Lipinski definition) is 1. The molecule has 2 heterocycles. The molecule has 0 aliphatic carbocycles. The molecule has 0 spiro atoms. The SMILES string of the molecule is COCc1nn2c(C)c(C(=O)Nc3cc(Cl)ccc3OC)nnc2c1-c1ccc(OC)c(OC)c1. The zero-order valence-electron chi connectivity index (χ0n) is 19.9. The van der Waals surface area contributed by atoms with Gasteiger partial charge in [0.15, 0.2) is 22.8 Å². The van der Waals surface area contributed by atoms with Crippen molar-refractivity contribution in [3.8, 4) is 28.4 Å². The first-order chi connectivity index (χ1) is 16.9. The summed E-state index contributed by atoms with van der Waals surface area (Å²) in [6.45, 7) is 1.97. The number of fused-ring (bicyclic) bond motifs is 1. The molecule has 1 amide bonds. The van der Waals surface area contributed by atoms with Gasteiger partial charge in [0.1, 0.15) is 5.75 Å². The molecule has 0 atom stereocenters. The van der Waals surface area contributed by atoms with Crippen molar-refractivity contribution in [2.24, 2.45) is 0 Å². The van der Waals surface area contributed by atoms with Crippen LogP contribution < -0.4 is 19.5 Å². The standard InChI is InChI=1S/C24H24ClN5O5/c1-13-22(24(31)26-16-11-15(25)7-9-18(16)33-3)27-28-23-21(17(12-32-2)29-30(13)23)14-6-8-19(34-4)20(10-14)35-5/h6-11H,12H2,1-5H3,(H,26,31). The van der Waals surface area contributed by atoms with Crippen molar-refractivity contribution in [2.45, 2.75) is 13.5 Å². The highest BCUT2D eigenvalue weighted by Gasteiger charge is 2.23. The molecule has 182 valence electrons. The predicted molar refractivity (Wildman–Crippen MR) is 131 cm³/mol. The van der Waals surface area contributed by atoms with E-state index in [0.29, 0.717) is 50.6 Å². The molecule has 0 aliphatic rings. The summed E-state index contributed by atoms with van der Waals surface area (Å²) in [7, 11) is 6.23. The Labute approximate surface area is 206 Å². The molecule has 35 heavy (non-hydrogen) atoms. The molecule has 2 aromatic heterocycles. The molecule has 0 saturated carbocycles. The Kier molecular flexibility index (Phi) is 7.04. The van der Waals surface area contributed by atoms with E-state index in [2.05, 4.69) is 20.6 Å². The van der Waals surface area contributed by atoms with Gasteiger partial charge in [-0.2, -0.15) is 5.10 Å². The zero-order valence-corrected chi connectivity index (χ0v) is 20.6. The number of nitrogens with zero attached hydrogens (tertiary/aromatic N) is 4. The van der Waals surface area contributed by atoms with Crippen LogP contribution in [0.1, 0.15) is 21.9 Å². The van der Waals surface area contributed by atoms with Crippen LogP contribution >= 0.6 is 11.6 Å². The van der Waals surface area contributed by atoms with Crippen molar-refractivity contribution in [3.63, 3.8) is 0 Å². The summed E-state index contributed by atoms with van der Waals surface area (Å²) in [5.41, 5.74) is 3.62. The van der Waals surface area contributed by atoms with Crippen LogP contribution in [0.2, 0.25) is 5.02 Å². The van der Waals surface area contributed by atoms with E-state index in [0.717, 1.165) is 5.56 Å². The number of rotatable bonds is 8. The third kappa shape index (κ3) is 4.58.